The molecule has 0 saturated carbocycles. The lowest BCUT2D eigenvalue weighted by atomic mass is 10.1. The van der Waals surface area contributed by atoms with Gasteiger partial charge in [-0.2, -0.15) is 0 Å². The van der Waals surface area contributed by atoms with E-state index in [1.54, 1.807) is 11.3 Å². The van der Waals surface area contributed by atoms with E-state index in [0.717, 1.165) is 16.4 Å². The highest BCUT2D eigenvalue weighted by atomic mass is 32.1. The third-order valence-electron chi connectivity index (χ3n) is 2.95. The number of rotatable bonds is 3. The van der Waals surface area contributed by atoms with Crippen molar-refractivity contribution in [2.45, 2.75) is 34.2 Å². The average Bonchev–Trinajstić information content (AvgIpc) is 2.65. The van der Waals surface area contributed by atoms with Gasteiger partial charge < -0.3 is 11.1 Å². The zero-order valence-corrected chi connectivity index (χ0v) is 13.1. The summed E-state index contributed by atoms with van der Waals surface area (Å²) in [5.74, 6) is 0.417. The van der Waals surface area contributed by atoms with Gasteiger partial charge in [0.25, 0.3) is 0 Å². The molecule has 3 N–H and O–H groups in total. The third kappa shape index (κ3) is 3.81. The first-order valence-electron chi connectivity index (χ1n) is 6.52. The van der Waals surface area contributed by atoms with Crippen LogP contribution in [-0.4, -0.2) is 10.9 Å². The molecule has 0 atom stereocenters. The highest BCUT2D eigenvalue weighted by Gasteiger charge is 2.03. The molecule has 1 aromatic heterocycles. The summed E-state index contributed by atoms with van der Waals surface area (Å²) >= 11 is 1.67. The highest BCUT2D eigenvalue weighted by Crippen LogP contribution is 2.17. The van der Waals surface area contributed by atoms with E-state index in [2.05, 4.69) is 42.1 Å². The normalized spacial score (nSPS) is 11.7. The van der Waals surface area contributed by atoms with Crippen LogP contribution in [0.25, 0.3) is 0 Å². The van der Waals surface area contributed by atoms with E-state index in [1.807, 2.05) is 19.1 Å². The van der Waals surface area contributed by atoms with Crippen LogP contribution in [0.5, 0.6) is 0 Å². The summed E-state index contributed by atoms with van der Waals surface area (Å²) in [6.45, 7) is 8.72. The van der Waals surface area contributed by atoms with Gasteiger partial charge >= 0.3 is 0 Å². The maximum absolute atomic E-state index is 5.91. The fraction of sp³-hybridized carbons (Fsp3) is 0.333. The van der Waals surface area contributed by atoms with Crippen molar-refractivity contribution in [1.29, 1.82) is 0 Å². The van der Waals surface area contributed by atoms with Gasteiger partial charge in [0.1, 0.15) is 5.01 Å². The van der Waals surface area contributed by atoms with Gasteiger partial charge in [-0.25, -0.2) is 9.98 Å². The first-order chi connectivity index (χ1) is 9.44. The van der Waals surface area contributed by atoms with Gasteiger partial charge in [-0.3, -0.25) is 0 Å². The molecule has 1 heterocycles. The standard InChI is InChI=1S/C15H20N4S/c1-9-5-10(2)7-13(6-9)19-15(16)17-8-14-18-11(3)12(4)20-14/h5-7H,8H2,1-4H3,(H3,16,17,19). The van der Waals surface area contributed by atoms with E-state index >= 15 is 0 Å². The number of nitrogens with zero attached hydrogens (tertiary/aromatic N) is 2. The number of aromatic nitrogens is 1. The van der Waals surface area contributed by atoms with E-state index < -0.39 is 0 Å². The fourth-order valence-electron chi connectivity index (χ4n) is 1.99. The van der Waals surface area contributed by atoms with Crippen LogP contribution in [0.1, 0.15) is 26.7 Å². The molecule has 0 bridgehead atoms. The number of aliphatic imine (C=N–C) groups is 1. The molecule has 0 amide bonds. The fourth-order valence-corrected chi connectivity index (χ4v) is 2.85. The monoisotopic (exact) mass is 288 g/mol. The summed E-state index contributed by atoms with van der Waals surface area (Å²) in [7, 11) is 0. The Balaban J connectivity index is 2.03. The van der Waals surface area contributed by atoms with Gasteiger partial charge in [0.05, 0.1) is 12.2 Å². The quantitative estimate of drug-likeness (QED) is 0.673. The van der Waals surface area contributed by atoms with Crippen molar-refractivity contribution in [3.05, 3.63) is 44.9 Å². The van der Waals surface area contributed by atoms with Gasteiger partial charge in [0.2, 0.25) is 0 Å². The molecule has 0 aliphatic heterocycles. The van der Waals surface area contributed by atoms with Gasteiger partial charge in [0.15, 0.2) is 5.96 Å². The lowest BCUT2D eigenvalue weighted by Gasteiger charge is -2.07. The topological polar surface area (TPSA) is 63.3 Å². The van der Waals surface area contributed by atoms with Crippen LogP contribution in [0.2, 0.25) is 0 Å². The molecular formula is C15H20N4S. The minimum absolute atomic E-state index is 0.417. The Bertz CT molecular complexity index is 604. The Morgan fingerprint density at radius 3 is 2.40 bits per heavy atom. The first kappa shape index (κ1) is 14.5. The molecule has 2 rings (SSSR count). The van der Waals surface area contributed by atoms with Crippen LogP contribution in [0, 0.1) is 27.7 Å². The summed E-state index contributed by atoms with van der Waals surface area (Å²) in [5, 5.41) is 4.11. The zero-order valence-electron chi connectivity index (χ0n) is 12.3. The summed E-state index contributed by atoms with van der Waals surface area (Å²) in [6, 6.07) is 6.22. The van der Waals surface area contributed by atoms with Crippen LogP contribution >= 0.6 is 11.3 Å². The molecule has 0 radical (unpaired) electrons. The predicted octanol–water partition coefficient (Wildman–Crippen LogP) is 3.30. The second-order valence-electron chi connectivity index (χ2n) is 4.95. The molecule has 0 fully saturated rings. The Hall–Kier alpha value is -1.88. The molecular weight excluding hydrogens is 268 g/mol. The van der Waals surface area contributed by atoms with E-state index in [4.69, 9.17) is 5.73 Å². The molecule has 0 unspecified atom stereocenters. The maximum atomic E-state index is 5.91. The number of thiazole rings is 1. The molecule has 0 aliphatic rings. The smallest absolute Gasteiger partial charge is 0.193 e. The molecule has 0 saturated heterocycles. The maximum Gasteiger partial charge on any atom is 0.193 e. The lowest BCUT2D eigenvalue weighted by molar-refractivity contribution is 1.01. The number of benzene rings is 1. The van der Waals surface area contributed by atoms with Crippen molar-refractivity contribution in [2.75, 3.05) is 5.32 Å². The molecule has 4 nitrogen and oxygen atoms in total. The Labute approximate surface area is 123 Å². The molecule has 1 aromatic carbocycles. The van der Waals surface area contributed by atoms with Crippen LogP contribution < -0.4 is 11.1 Å². The minimum atomic E-state index is 0.417. The highest BCUT2D eigenvalue weighted by molar-refractivity contribution is 7.11. The van der Waals surface area contributed by atoms with Crippen molar-refractivity contribution in [3.63, 3.8) is 0 Å². The summed E-state index contributed by atoms with van der Waals surface area (Å²) in [6.07, 6.45) is 0. The Morgan fingerprint density at radius 1 is 1.20 bits per heavy atom. The van der Waals surface area contributed by atoms with Crippen LogP contribution in [0.3, 0.4) is 0 Å². The van der Waals surface area contributed by atoms with Crippen LogP contribution in [0.15, 0.2) is 23.2 Å². The number of anilines is 1. The second kappa shape index (κ2) is 6.05. The van der Waals surface area contributed by atoms with Gasteiger partial charge in [-0.15, -0.1) is 11.3 Å². The molecule has 5 heteroatoms. The number of hydrogen-bond donors (Lipinski definition) is 2. The molecule has 106 valence electrons. The number of aryl methyl sites for hydroxylation is 4. The third-order valence-corrected chi connectivity index (χ3v) is 4.01. The van der Waals surface area contributed by atoms with Crippen LogP contribution in [-0.2, 0) is 6.54 Å². The minimum Gasteiger partial charge on any atom is -0.370 e. The zero-order chi connectivity index (χ0) is 14.7. The van der Waals surface area contributed by atoms with Crippen LogP contribution in [0.4, 0.5) is 5.69 Å². The van der Waals surface area contributed by atoms with E-state index in [1.165, 1.54) is 16.0 Å². The molecule has 2 aromatic rings. The molecule has 0 aliphatic carbocycles. The Morgan fingerprint density at radius 2 is 1.85 bits per heavy atom. The summed E-state index contributed by atoms with van der Waals surface area (Å²) in [4.78, 5) is 10.0. The molecule has 20 heavy (non-hydrogen) atoms. The Kier molecular flexibility index (Phi) is 4.39. The SMILES string of the molecule is Cc1cc(C)cc(NC(N)=NCc2nc(C)c(C)s2)c1. The van der Waals surface area contributed by atoms with Crippen molar-refractivity contribution in [3.8, 4) is 0 Å². The molecule has 0 spiro atoms. The largest absolute Gasteiger partial charge is 0.370 e. The van der Waals surface area contributed by atoms with Crippen molar-refractivity contribution in [2.24, 2.45) is 10.7 Å². The van der Waals surface area contributed by atoms with Crippen molar-refractivity contribution in [1.82, 2.24) is 4.98 Å². The van der Waals surface area contributed by atoms with E-state index in [0.29, 0.717) is 12.5 Å². The lowest BCUT2D eigenvalue weighted by Crippen LogP contribution is -2.22. The average molecular weight is 288 g/mol. The van der Waals surface area contributed by atoms with Gasteiger partial charge in [0, 0.05) is 10.6 Å². The van der Waals surface area contributed by atoms with Crippen molar-refractivity contribution < 1.29 is 0 Å². The predicted molar refractivity (Wildman–Crippen MR) is 86.5 cm³/mol. The number of hydrogen-bond acceptors (Lipinski definition) is 3. The summed E-state index contributed by atoms with van der Waals surface area (Å²) < 4.78 is 0. The second-order valence-corrected chi connectivity index (χ2v) is 6.24. The van der Waals surface area contributed by atoms with Crippen molar-refractivity contribution >= 4 is 23.0 Å². The first-order valence-corrected chi connectivity index (χ1v) is 7.34. The number of nitrogens with one attached hydrogen (secondary N) is 1. The van der Waals surface area contributed by atoms with Gasteiger partial charge in [-0.1, -0.05) is 6.07 Å². The van der Waals surface area contributed by atoms with Gasteiger partial charge in [-0.05, 0) is 51.0 Å². The summed E-state index contributed by atoms with van der Waals surface area (Å²) in [5.41, 5.74) is 10.4. The number of nitrogens with two attached hydrogens (primary N) is 1. The van der Waals surface area contributed by atoms with E-state index in [-0.39, 0.29) is 0 Å². The number of guanidine groups is 1. The van der Waals surface area contributed by atoms with E-state index in [9.17, 15) is 0 Å².